The molecule has 0 aromatic heterocycles. The number of hydrogen-bond acceptors (Lipinski definition) is 5. The van der Waals surface area contributed by atoms with Crippen molar-refractivity contribution in [1.82, 2.24) is 0 Å². The van der Waals surface area contributed by atoms with Crippen LogP contribution in [0, 0.1) is 23.0 Å². The molecule has 0 saturated carbocycles. The SMILES string of the molecule is Cc1ccc(S(=O)(=O)OC2C[N+]3(Cc4ccc([N+](=O)[O-])cc4)CCC2CC3)cc1.[Br-]. The number of quaternary nitrogens is 1. The van der Waals surface area contributed by atoms with E-state index >= 15 is 0 Å². The zero-order valence-corrected chi connectivity index (χ0v) is 19.1. The number of halogens is 1. The van der Waals surface area contributed by atoms with E-state index in [0.29, 0.717) is 6.54 Å². The third-order valence-corrected chi connectivity index (χ3v) is 7.62. The van der Waals surface area contributed by atoms with Crippen molar-refractivity contribution >= 4 is 15.8 Å². The minimum Gasteiger partial charge on any atom is -1.00 e. The average molecular weight is 497 g/mol. The quantitative estimate of drug-likeness (QED) is 0.250. The van der Waals surface area contributed by atoms with Crippen LogP contribution in [0.2, 0.25) is 0 Å². The lowest BCUT2D eigenvalue weighted by atomic mass is 9.83. The highest BCUT2D eigenvalue weighted by molar-refractivity contribution is 7.86. The largest absolute Gasteiger partial charge is 1.00 e. The Morgan fingerprint density at radius 1 is 1.07 bits per heavy atom. The number of fused-ring (bicyclic) bond motifs is 3. The van der Waals surface area contributed by atoms with E-state index in [0.717, 1.165) is 48.1 Å². The van der Waals surface area contributed by atoms with Crippen molar-refractivity contribution < 1.29 is 39.0 Å². The fourth-order valence-corrected chi connectivity index (χ4v) is 5.71. The summed E-state index contributed by atoms with van der Waals surface area (Å²) in [6.07, 6.45) is 1.53. The third kappa shape index (κ3) is 4.74. The number of nitro benzene ring substituents is 1. The highest BCUT2D eigenvalue weighted by Gasteiger charge is 2.48. The molecule has 2 aromatic rings. The zero-order chi connectivity index (χ0) is 20.6. The molecule has 0 spiro atoms. The van der Waals surface area contributed by atoms with Crippen molar-refractivity contribution in [1.29, 1.82) is 0 Å². The molecule has 0 amide bonds. The van der Waals surface area contributed by atoms with Gasteiger partial charge in [0.15, 0.2) is 0 Å². The summed E-state index contributed by atoms with van der Waals surface area (Å²) in [6, 6.07) is 13.4. The Morgan fingerprint density at radius 3 is 2.23 bits per heavy atom. The highest BCUT2D eigenvalue weighted by Crippen LogP contribution is 2.38. The van der Waals surface area contributed by atoms with Crippen LogP contribution in [-0.2, 0) is 20.8 Å². The van der Waals surface area contributed by atoms with Gasteiger partial charge in [-0.1, -0.05) is 17.7 Å². The second-order valence-corrected chi connectivity index (χ2v) is 9.86. The fraction of sp³-hybridized carbons (Fsp3) is 0.429. The minimum atomic E-state index is -3.80. The van der Waals surface area contributed by atoms with E-state index in [-0.39, 0.29) is 39.6 Å². The summed E-state index contributed by atoms with van der Waals surface area (Å²) < 4.78 is 32.0. The second kappa shape index (κ2) is 8.74. The Balaban J connectivity index is 0.00000256. The van der Waals surface area contributed by atoms with Gasteiger partial charge in [0.25, 0.3) is 15.8 Å². The van der Waals surface area contributed by atoms with Crippen molar-refractivity contribution in [3.05, 3.63) is 69.8 Å². The number of piperidine rings is 3. The molecule has 30 heavy (non-hydrogen) atoms. The molecule has 0 radical (unpaired) electrons. The number of non-ortho nitro benzene ring substituents is 1. The van der Waals surface area contributed by atoms with Crippen LogP contribution in [0.15, 0.2) is 53.4 Å². The number of nitro groups is 1. The molecule has 0 N–H and O–H groups in total. The maximum absolute atomic E-state index is 12.8. The molecule has 1 unspecified atom stereocenters. The van der Waals surface area contributed by atoms with Crippen LogP contribution < -0.4 is 17.0 Å². The first-order chi connectivity index (χ1) is 13.8. The Kier molecular flexibility index (Phi) is 6.66. The van der Waals surface area contributed by atoms with E-state index in [2.05, 4.69) is 0 Å². The molecule has 3 aliphatic rings. The lowest BCUT2D eigenvalue weighted by molar-refractivity contribution is -0.958. The van der Waals surface area contributed by atoms with Gasteiger partial charge in [0.05, 0.1) is 22.9 Å². The van der Waals surface area contributed by atoms with E-state index in [1.165, 1.54) is 12.1 Å². The summed E-state index contributed by atoms with van der Waals surface area (Å²) in [5, 5.41) is 10.9. The molecule has 2 aromatic carbocycles. The standard InChI is InChI=1S/C21H25N2O5S.BrH/c1-16-2-8-20(9-3-16)29(26,27)28-21-15-23(12-10-18(21)11-13-23)14-17-4-6-19(7-5-17)22(24)25;/h2-9,18,21H,10-15H2,1H3;1H/q+1;/p-1. The van der Waals surface area contributed by atoms with Crippen molar-refractivity contribution in [2.24, 2.45) is 5.92 Å². The van der Waals surface area contributed by atoms with E-state index < -0.39 is 15.0 Å². The fourth-order valence-electron chi connectivity index (χ4n) is 4.59. The molecule has 2 bridgehead atoms. The molecule has 1 atom stereocenters. The summed E-state index contributed by atoms with van der Waals surface area (Å²) in [4.78, 5) is 10.7. The summed E-state index contributed by atoms with van der Waals surface area (Å²) in [6.45, 7) is 5.25. The highest BCUT2D eigenvalue weighted by atomic mass is 79.9. The molecule has 3 heterocycles. The van der Waals surface area contributed by atoms with Gasteiger partial charge in [0.2, 0.25) is 0 Å². The smallest absolute Gasteiger partial charge is 0.297 e. The monoisotopic (exact) mass is 496 g/mol. The molecule has 162 valence electrons. The van der Waals surface area contributed by atoms with E-state index in [1.54, 1.807) is 36.4 Å². The zero-order valence-electron chi connectivity index (χ0n) is 16.7. The van der Waals surface area contributed by atoms with Crippen molar-refractivity contribution in [3.63, 3.8) is 0 Å². The van der Waals surface area contributed by atoms with Crippen LogP contribution in [0.4, 0.5) is 5.69 Å². The van der Waals surface area contributed by atoms with Gasteiger partial charge in [-0.15, -0.1) is 0 Å². The van der Waals surface area contributed by atoms with E-state index in [9.17, 15) is 18.5 Å². The number of benzene rings is 2. The molecule has 5 rings (SSSR count). The van der Waals surface area contributed by atoms with Crippen LogP contribution in [0.25, 0.3) is 0 Å². The first kappa shape index (κ1) is 22.9. The van der Waals surface area contributed by atoms with Crippen LogP contribution in [0.5, 0.6) is 0 Å². The first-order valence-electron chi connectivity index (χ1n) is 9.85. The van der Waals surface area contributed by atoms with Crippen molar-refractivity contribution in [2.75, 3.05) is 19.6 Å². The van der Waals surface area contributed by atoms with Gasteiger partial charge >= 0.3 is 0 Å². The Morgan fingerprint density at radius 2 is 1.67 bits per heavy atom. The number of hydrogen-bond donors (Lipinski definition) is 0. The van der Waals surface area contributed by atoms with Gasteiger partial charge < -0.3 is 21.5 Å². The van der Waals surface area contributed by atoms with Crippen molar-refractivity contribution in [3.8, 4) is 0 Å². The summed E-state index contributed by atoms with van der Waals surface area (Å²) in [5.74, 6) is 0.257. The summed E-state index contributed by atoms with van der Waals surface area (Å²) in [7, 11) is -3.80. The first-order valence-corrected chi connectivity index (χ1v) is 11.3. The molecular weight excluding hydrogens is 472 g/mol. The maximum Gasteiger partial charge on any atom is 0.297 e. The minimum absolute atomic E-state index is 0. The second-order valence-electron chi connectivity index (χ2n) is 8.29. The molecule has 3 aliphatic heterocycles. The number of aryl methyl sites for hydroxylation is 1. The van der Waals surface area contributed by atoms with Crippen LogP contribution in [0.3, 0.4) is 0 Å². The number of nitrogens with zero attached hydrogens (tertiary/aromatic N) is 2. The molecule has 3 saturated heterocycles. The Bertz CT molecular complexity index is 1000. The topological polar surface area (TPSA) is 86.5 Å². The molecule has 9 heteroatoms. The summed E-state index contributed by atoms with van der Waals surface area (Å²) in [5.41, 5.74) is 2.10. The van der Waals surface area contributed by atoms with Gasteiger partial charge in [-0.05, 0) is 31.2 Å². The van der Waals surface area contributed by atoms with E-state index in [1.807, 2.05) is 6.92 Å². The van der Waals surface area contributed by atoms with Gasteiger partial charge in [0.1, 0.15) is 19.2 Å². The van der Waals surface area contributed by atoms with Crippen LogP contribution >= 0.6 is 0 Å². The lowest BCUT2D eigenvalue weighted by Gasteiger charge is -2.52. The van der Waals surface area contributed by atoms with Gasteiger partial charge in [-0.2, -0.15) is 8.42 Å². The predicted octanol–water partition coefficient (Wildman–Crippen LogP) is 0.422. The van der Waals surface area contributed by atoms with Gasteiger partial charge in [0, 0.05) is 36.5 Å². The molecular formula is C21H25BrN2O5S. The predicted molar refractivity (Wildman–Crippen MR) is 108 cm³/mol. The van der Waals surface area contributed by atoms with Gasteiger partial charge in [-0.3, -0.25) is 14.3 Å². The van der Waals surface area contributed by atoms with Crippen LogP contribution in [-0.4, -0.2) is 43.6 Å². The maximum atomic E-state index is 12.8. The Labute approximate surface area is 187 Å². The van der Waals surface area contributed by atoms with Gasteiger partial charge in [-0.25, -0.2) is 0 Å². The lowest BCUT2D eigenvalue weighted by Crippen LogP contribution is -3.00. The number of rotatable bonds is 6. The average Bonchev–Trinajstić information content (AvgIpc) is 2.69. The molecule has 7 nitrogen and oxygen atoms in total. The normalized spacial score (nSPS) is 25.5. The van der Waals surface area contributed by atoms with Crippen molar-refractivity contribution in [2.45, 2.75) is 37.3 Å². The summed E-state index contributed by atoms with van der Waals surface area (Å²) >= 11 is 0. The third-order valence-electron chi connectivity index (χ3n) is 6.27. The molecule has 3 fully saturated rings. The molecule has 0 aliphatic carbocycles. The van der Waals surface area contributed by atoms with Crippen LogP contribution in [0.1, 0.15) is 24.0 Å². The van der Waals surface area contributed by atoms with E-state index in [4.69, 9.17) is 4.18 Å². The Hall–Kier alpha value is -1.81.